The molecule has 0 amide bonds. The van der Waals surface area contributed by atoms with Crippen LogP contribution in [0.4, 0.5) is 0 Å². The van der Waals surface area contributed by atoms with Crippen molar-refractivity contribution in [1.82, 2.24) is 9.88 Å². The van der Waals surface area contributed by atoms with Gasteiger partial charge in [0.05, 0.1) is 11.6 Å². The summed E-state index contributed by atoms with van der Waals surface area (Å²) in [5.41, 5.74) is 13.4. The van der Waals surface area contributed by atoms with Gasteiger partial charge in [-0.25, -0.2) is 9.59 Å². The number of nitrogens with two attached hydrogens (primary N) is 2. The molecule has 2 atom stereocenters. The van der Waals surface area contributed by atoms with E-state index in [1.807, 2.05) is 39.0 Å². The van der Waals surface area contributed by atoms with Crippen molar-refractivity contribution in [3.63, 3.8) is 0 Å². The number of fused-ring (bicyclic) bond motifs is 1. The lowest BCUT2D eigenvalue weighted by atomic mass is 9.88. The van der Waals surface area contributed by atoms with Crippen molar-refractivity contribution < 1.29 is 23.9 Å². The number of carbonyl (C=O) groups excluding carboxylic acids is 3. The van der Waals surface area contributed by atoms with Gasteiger partial charge < -0.3 is 26.3 Å². The molecular formula is C30H37N5O5. The van der Waals surface area contributed by atoms with Crippen LogP contribution in [0.5, 0.6) is 0 Å². The minimum Gasteiger partial charge on any atom is -0.390 e. The van der Waals surface area contributed by atoms with E-state index in [1.54, 1.807) is 36.5 Å². The van der Waals surface area contributed by atoms with Crippen LogP contribution in [0.2, 0.25) is 0 Å². The van der Waals surface area contributed by atoms with Gasteiger partial charge in [0.25, 0.3) is 5.91 Å². The third-order valence-corrected chi connectivity index (χ3v) is 7.02. The molecule has 1 aliphatic rings. The van der Waals surface area contributed by atoms with Gasteiger partial charge in [-0.1, -0.05) is 51.1 Å². The summed E-state index contributed by atoms with van der Waals surface area (Å²) in [4.78, 5) is 39.3. The van der Waals surface area contributed by atoms with E-state index >= 15 is 0 Å². The van der Waals surface area contributed by atoms with Crippen molar-refractivity contribution in [2.45, 2.75) is 58.3 Å². The van der Waals surface area contributed by atoms with E-state index in [9.17, 15) is 14.4 Å². The fourth-order valence-electron chi connectivity index (χ4n) is 4.80. The topological polar surface area (TPSA) is 163 Å². The fraction of sp³-hybridized carbons (Fsp3) is 0.400. The van der Waals surface area contributed by atoms with Gasteiger partial charge in [0.15, 0.2) is 6.10 Å². The molecule has 1 unspecified atom stereocenters. The summed E-state index contributed by atoms with van der Waals surface area (Å²) >= 11 is 0. The lowest BCUT2D eigenvalue weighted by Crippen LogP contribution is -2.46. The summed E-state index contributed by atoms with van der Waals surface area (Å²) in [5, 5.41) is 11.6. The first-order chi connectivity index (χ1) is 19.0. The zero-order valence-corrected chi connectivity index (χ0v) is 23.1. The van der Waals surface area contributed by atoms with Crippen LogP contribution in [0.15, 0.2) is 54.7 Å². The molecule has 212 valence electrons. The molecule has 1 aliphatic heterocycles. The zero-order chi connectivity index (χ0) is 29.0. The monoisotopic (exact) mass is 547 g/mol. The Hall–Kier alpha value is -3.86. The van der Waals surface area contributed by atoms with Gasteiger partial charge in [-0.05, 0) is 55.1 Å². The van der Waals surface area contributed by atoms with Gasteiger partial charge in [-0.3, -0.25) is 14.8 Å². The highest BCUT2D eigenvalue weighted by Gasteiger charge is 2.38. The average Bonchev–Trinajstić information content (AvgIpc) is 3.29. The Morgan fingerprint density at radius 2 is 1.65 bits per heavy atom. The van der Waals surface area contributed by atoms with Crippen LogP contribution in [0, 0.1) is 10.8 Å². The average molecular weight is 548 g/mol. The van der Waals surface area contributed by atoms with Crippen molar-refractivity contribution in [3.8, 4) is 0 Å². The molecule has 1 saturated heterocycles. The molecule has 0 saturated carbocycles. The summed E-state index contributed by atoms with van der Waals surface area (Å²) in [7, 11) is 0. The molecule has 1 aromatic heterocycles. The number of amidine groups is 1. The highest BCUT2D eigenvalue weighted by atomic mass is 16.6. The third-order valence-electron chi connectivity index (χ3n) is 7.02. The molecule has 10 nitrogen and oxygen atoms in total. The highest BCUT2D eigenvalue weighted by molar-refractivity contribution is 6.04. The van der Waals surface area contributed by atoms with Gasteiger partial charge in [0.2, 0.25) is 0 Å². The van der Waals surface area contributed by atoms with Crippen LogP contribution in [-0.2, 0) is 25.5 Å². The summed E-state index contributed by atoms with van der Waals surface area (Å²) in [6, 6.07) is 12.6. The number of esters is 2. The lowest BCUT2D eigenvalue weighted by molar-refractivity contribution is -0.179. The van der Waals surface area contributed by atoms with Gasteiger partial charge in [0, 0.05) is 29.1 Å². The van der Waals surface area contributed by atoms with Crippen LogP contribution in [0.1, 0.15) is 55.1 Å². The number of piperidine rings is 1. The Kier molecular flexibility index (Phi) is 8.82. The zero-order valence-electron chi connectivity index (χ0n) is 23.1. The number of nitrogens with one attached hydrogen (secondary N) is 2. The molecule has 0 radical (unpaired) electrons. The van der Waals surface area contributed by atoms with Crippen LogP contribution in [0.25, 0.3) is 10.9 Å². The van der Waals surface area contributed by atoms with Crippen LogP contribution < -0.4 is 16.8 Å². The number of nitrogen functional groups attached to an aromatic ring is 1. The first-order valence-electron chi connectivity index (χ1n) is 13.4. The van der Waals surface area contributed by atoms with E-state index in [-0.39, 0.29) is 24.3 Å². The van der Waals surface area contributed by atoms with Crippen molar-refractivity contribution in [2.75, 3.05) is 13.1 Å². The highest BCUT2D eigenvalue weighted by Crippen LogP contribution is 2.27. The molecule has 6 N–H and O–H groups in total. The van der Waals surface area contributed by atoms with Crippen LogP contribution in [0.3, 0.4) is 0 Å². The molecule has 3 aromatic rings. The number of hydrogen-bond acceptors (Lipinski definition) is 8. The number of rotatable bonds is 8. The van der Waals surface area contributed by atoms with E-state index in [2.05, 4.69) is 5.32 Å². The maximum absolute atomic E-state index is 13.3. The predicted octanol–water partition coefficient (Wildman–Crippen LogP) is 2.74. The first-order valence-corrected chi connectivity index (χ1v) is 13.4. The second-order valence-corrected chi connectivity index (χ2v) is 11.2. The second kappa shape index (κ2) is 12.1. The lowest BCUT2D eigenvalue weighted by Gasteiger charge is -2.33. The Balaban J connectivity index is 1.49. The molecular weight excluding hydrogens is 510 g/mol. The quantitative estimate of drug-likeness (QED) is 0.145. The Morgan fingerprint density at radius 1 is 1.02 bits per heavy atom. The van der Waals surface area contributed by atoms with Gasteiger partial charge in [0.1, 0.15) is 11.9 Å². The minimum absolute atomic E-state index is 0.0610. The Labute approximate surface area is 233 Å². The molecule has 10 heteroatoms. The second-order valence-electron chi connectivity index (χ2n) is 11.2. The van der Waals surface area contributed by atoms with Gasteiger partial charge >= 0.3 is 11.9 Å². The molecule has 0 spiro atoms. The number of nitrogens with zero attached hydrogens (tertiary/aromatic N) is 1. The summed E-state index contributed by atoms with van der Waals surface area (Å²) in [6.07, 6.45) is 2.25. The normalized spacial score (nSPS) is 15.9. The van der Waals surface area contributed by atoms with Crippen LogP contribution in [-0.4, -0.2) is 59.6 Å². The molecule has 0 aliphatic carbocycles. The molecule has 0 bridgehead atoms. The van der Waals surface area contributed by atoms with Crippen molar-refractivity contribution in [2.24, 2.45) is 16.9 Å². The SMILES string of the molecule is CC(C)(C)C(OC1CCNCC1)C(=O)OC(=O)[C@@H](N)Cc1cn(C(=O)c2ccc(C(=N)N)cc2)c2ccccc12. The molecule has 4 rings (SSSR count). The molecule has 2 heterocycles. The summed E-state index contributed by atoms with van der Waals surface area (Å²) < 4.78 is 12.8. The van der Waals surface area contributed by atoms with Crippen molar-refractivity contribution in [3.05, 3.63) is 71.4 Å². The Bertz CT molecular complexity index is 1400. The van der Waals surface area contributed by atoms with Crippen molar-refractivity contribution >= 4 is 34.6 Å². The van der Waals surface area contributed by atoms with E-state index < -0.39 is 29.5 Å². The van der Waals surface area contributed by atoms with Gasteiger partial charge in [-0.15, -0.1) is 0 Å². The number of aromatic nitrogens is 1. The van der Waals surface area contributed by atoms with E-state index in [0.717, 1.165) is 31.3 Å². The third kappa shape index (κ3) is 6.64. The standard InChI is InChI=1S/C30H37N5O5/c1-30(2,3)25(39-21-12-14-34-15-13-21)29(38)40-28(37)23(31)16-20-17-35(24-7-5-4-6-22(20)24)27(36)19-10-8-18(9-11-19)26(32)33/h4-11,17,21,23,25,34H,12-16,31H2,1-3H3,(H3,32,33)/t23-,25?/m0/s1. The number of para-hydroxylation sites is 1. The van der Waals surface area contributed by atoms with Crippen LogP contribution >= 0.6 is 0 Å². The van der Waals surface area contributed by atoms with E-state index in [4.69, 9.17) is 26.4 Å². The molecule has 2 aromatic carbocycles. The predicted molar refractivity (Wildman–Crippen MR) is 152 cm³/mol. The smallest absolute Gasteiger partial charge is 0.343 e. The van der Waals surface area contributed by atoms with Gasteiger partial charge in [-0.2, -0.15) is 0 Å². The summed E-state index contributed by atoms with van der Waals surface area (Å²) in [6.45, 7) is 7.21. The number of hydrogen-bond donors (Lipinski definition) is 4. The maximum Gasteiger partial charge on any atom is 0.343 e. The minimum atomic E-state index is -1.13. The summed E-state index contributed by atoms with van der Waals surface area (Å²) in [5.74, 6) is -1.97. The largest absolute Gasteiger partial charge is 0.390 e. The molecule has 1 fully saturated rings. The first kappa shape index (κ1) is 29.1. The number of ether oxygens (including phenoxy) is 2. The molecule has 40 heavy (non-hydrogen) atoms. The van der Waals surface area contributed by atoms with E-state index in [1.165, 1.54) is 4.57 Å². The number of benzene rings is 2. The van der Waals surface area contributed by atoms with E-state index in [0.29, 0.717) is 22.2 Å². The fourth-order valence-corrected chi connectivity index (χ4v) is 4.80. The Morgan fingerprint density at radius 3 is 2.27 bits per heavy atom. The van der Waals surface area contributed by atoms with Crippen molar-refractivity contribution in [1.29, 1.82) is 5.41 Å². The maximum atomic E-state index is 13.3. The number of carbonyl (C=O) groups is 3.